The molecule has 2 rings (SSSR count). The van der Waals surface area contributed by atoms with Crippen LogP contribution in [0.15, 0.2) is 18.2 Å². The molecule has 0 saturated heterocycles. The molecule has 1 aromatic rings. The zero-order chi connectivity index (χ0) is 12.8. The molecule has 0 bridgehead atoms. The average molecular weight is 276 g/mol. The number of rotatable bonds is 2. The summed E-state index contributed by atoms with van der Waals surface area (Å²) in [6, 6.07) is 4.23. The van der Waals surface area contributed by atoms with Crippen molar-refractivity contribution in [3.05, 3.63) is 29.6 Å². The van der Waals surface area contributed by atoms with Crippen LogP contribution in [0.5, 0.6) is 0 Å². The number of halogens is 3. The number of anilines is 1. The van der Waals surface area contributed by atoms with E-state index in [-0.39, 0.29) is 5.91 Å². The van der Waals surface area contributed by atoms with Gasteiger partial charge in [-0.15, -0.1) is 23.2 Å². The van der Waals surface area contributed by atoms with Gasteiger partial charge in [0.05, 0.1) is 5.41 Å². The van der Waals surface area contributed by atoms with Crippen LogP contribution in [0.4, 0.5) is 10.1 Å². The van der Waals surface area contributed by atoms with Crippen molar-refractivity contribution in [3.63, 3.8) is 0 Å². The van der Waals surface area contributed by atoms with Crippen LogP contribution in [-0.4, -0.2) is 10.2 Å². The van der Waals surface area contributed by atoms with Gasteiger partial charge in [-0.1, -0.05) is 6.07 Å². The Morgan fingerprint density at radius 2 is 2.06 bits per heavy atom. The van der Waals surface area contributed by atoms with Crippen molar-refractivity contribution >= 4 is 34.8 Å². The first-order valence-corrected chi connectivity index (χ1v) is 5.97. The van der Waals surface area contributed by atoms with Crippen LogP contribution < -0.4 is 5.32 Å². The fraction of sp³-hybridized carbons (Fsp3) is 0.417. The Bertz CT molecular complexity index is 489. The number of benzene rings is 1. The van der Waals surface area contributed by atoms with E-state index in [0.29, 0.717) is 12.1 Å². The highest BCUT2D eigenvalue weighted by atomic mass is 35.5. The number of nitrogens with one attached hydrogen (secondary N) is 1. The Morgan fingerprint density at radius 3 is 2.59 bits per heavy atom. The number of carbonyl (C=O) groups excluding carboxylic acids is 1. The average Bonchev–Trinajstić information content (AvgIpc) is 2.74. The molecule has 1 fully saturated rings. The summed E-state index contributed by atoms with van der Waals surface area (Å²) in [5, 5.41) is 2.66. The van der Waals surface area contributed by atoms with Crippen LogP contribution in [0.2, 0.25) is 0 Å². The molecule has 1 aliphatic carbocycles. The maximum absolute atomic E-state index is 13.1. The Hall–Kier alpha value is -0.800. The Kier molecular flexibility index (Phi) is 2.87. The van der Waals surface area contributed by atoms with E-state index in [2.05, 4.69) is 5.32 Å². The van der Waals surface area contributed by atoms with E-state index in [1.165, 1.54) is 12.1 Å². The molecule has 1 amide bonds. The summed E-state index contributed by atoms with van der Waals surface area (Å²) in [5.41, 5.74) is 0.445. The van der Waals surface area contributed by atoms with Crippen molar-refractivity contribution in [1.29, 1.82) is 0 Å². The van der Waals surface area contributed by atoms with Gasteiger partial charge in [-0.05, 0) is 38.0 Å². The Labute approximate surface area is 109 Å². The number of alkyl halides is 2. The zero-order valence-corrected chi connectivity index (χ0v) is 11.0. The summed E-state index contributed by atoms with van der Waals surface area (Å²) in [6.45, 7) is 3.48. The molecule has 1 atom stereocenters. The predicted octanol–water partition coefficient (Wildman–Crippen LogP) is 3.66. The first-order chi connectivity index (χ1) is 7.76. The van der Waals surface area contributed by atoms with E-state index < -0.39 is 15.6 Å². The van der Waals surface area contributed by atoms with Crippen LogP contribution >= 0.6 is 23.2 Å². The van der Waals surface area contributed by atoms with E-state index in [4.69, 9.17) is 23.2 Å². The molecule has 1 aromatic carbocycles. The van der Waals surface area contributed by atoms with Crippen LogP contribution in [-0.2, 0) is 4.79 Å². The fourth-order valence-electron chi connectivity index (χ4n) is 1.64. The van der Waals surface area contributed by atoms with Crippen molar-refractivity contribution in [2.24, 2.45) is 5.41 Å². The molecular weight excluding hydrogens is 264 g/mol. The summed E-state index contributed by atoms with van der Waals surface area (Å²) in [4.78, 5) is 12.0. The molecule has 1 unspecified atom stereocenters. The zero-order valence-electron chi connectivity index (χ0n) is 9.48. The van der Waals surface area contributed by atoms with Crippen molar-refractivity contribution in [2.45, 2.75) is 24.6 Å². The lowest BCUT2D eigenvalue weighted by Crippen LogP contribution is -2.26. The molecule has 0 radical (unpaired) electrons. The lowest BCUT2D eigenvalue weighted by molar-refractivity contribution is -0.120. The van der Waals surface area contributed by atoms with Crippen LogP contribution in [0, 0.1) is 18.2 Å². The molecule has 0 aliphatic heterocycles. The van der Waals surface area contributed by atoms with Gasteiger partial charge in [0.2, 0.25) is 5.91 Å². The smallest absolute Gasteiger partial charge is 0.233 e. The first-order valence-electron chi connectivity index (χ1n) is 5.22. The third-order valence-corrected chi connectivity index (χ3v) is 4.31. The highest BCUT2D eigenvalue weighted by Crippen LogP contribution is 2.64. The SMILES string of the molecule is Cc1ccc(F)cc1NC(=O)C1(C)CC1(Cl)Cl. The quantitative estimate of drug-likeness (QED) is 0.821. The molecule has 1 aliphatic rings. The standard InChI is InChI=1S/C12H12Cl2FNO/c1-7-3-4-8(15)5-9(7)16-10(17)11(2)6-12(11,13)14/h3-5H,6H2,1-2H3,(H,16,17). The maximum atomic E-state index is 13.1. The van der Waals surface area contributed by atoms with Gasteiger partial charge in [0.1, 0.15) is 10.2 Å². The van der Waals surface area contributed by atoms with Crippen molar-refractivity contribution in [2.75, 3.05) is 5.32 Å². The molecule has 0 heterocycles. The molecule has 0 spiro atoms. The molecule has 1 saturated carbocycles. The third-order valence-electron chi connectivity index (χ3n) is 3.21. The molecule has 2 nitrogen and oxygen atoms in total. The fourth-order valence-corrected chi connectivity index (χ4v) is 2.34. The van der Waals surface area contributed by atoms with Gasteiger partial charge in [0.25, 0.3) is 0 Å². The number of carbonyl (C=O) groups is 1. The number of hydrogen-bond acceptors (Lipinski definition) is 1. The molecular formula is C12H12Cl2FNO. The summed E-state index contributed by atoms with van der Waals surface area (Å²) < 4.78 is 12.0. The van der Waals surface area contributed by atoms with E-state index in [1.807, 2.05) is 0 Å². The summed E-state index contributed by atoms with van der Waals surface area (Å²) >= 11 is 11.8. The maximum Gasteiger partial charge on any atom is 0.233 e. The van der Waals surface area contributed by atoms with Crippen molar-refractivity contribution in [1.82, 2.24) is 0 Å². The van der Waals surface area contributed by atoms with E-state index >= 15 is 0 Å². The van der Waals surface area contributed by atoms with Gasteiger partial charge in [0.15, 0.2) is 0 Å². The van der Waals surface area contributed by atoms with Gasteiger partial charge >= 0.3 is 0 Å². The second-order valence-corrected chi connectivity index (χ2v) is 6.11. The van der Waals surface area contributed by atoms with E-state index in [0.717, 1.165) is 5.56 Å². The molecule has 0 aromatic heterocycles. The molecule has 1 N–H and O–H groups in total. The monoisotopic (exact) mass is 275 g/mol. The largest absolute Gasteiger partial charge is 0.325 e. The highest BCUT2D eigenvalue weighted by Gasteiger charge is 2.67. The molecule has 92 valence electrons. The lowest BCUT2D eigenvalue weighted by Gasteiger charge is -2.14. The highest BCUT2D eigenvalue weighted by molar-refractivity contribution is 6.53. The Morgan fingerprint density at radius 1 is 1.47 bits per heavy atom. The van der Waals surface area contributed by atoms with Gasteiger partial charge in [0, 0.05) is 5.69 Å². The van der Waals surface area contributed by atoms with Crippen LogP contribution in [0.3, 0.4) is 0 Å². The van der Waals surface area contributed by atoms with Gasteiger partial charge in [-0.2, -0.15) is 0 Å². The second kappa shape index (κ2) is 3.85. The van der Waals surface area contributed by atoms with Crippen LogP contribution in [0.25, 0.3) is 0 Å². The second-order valence-electron chi connectivity index (χ2n) is 4.63. The number of aryl methyl sites for hydroxylation is 1. The number of amides is 1. The predicted molar refractivity (Wildman–Crippen MR) is 66.9 cm³/mol. The molecule has 17 heavy (non-hydrogen) atoms. The first kappa shape index (κ1) is 12.7. The molecule has 5 heteroatoms. The number of hydrogen-bond donors (Lipinski definition) is 1. The topological polar surface area (TPSA) is 29.1 Å². The third kappa shape index (κ3) is 2.14. The minimum atomic E-state index is -1.02. The Balaban J connectivity index is 2.17. The summed E-state index contributed by atoms with van der Waals surface area (Å²) in [5.74, 6) is -0.675. The van der Waals surface area contributed by atoms with E-state index in [1.54, 1.807) is 19.9 Å². The van der Waals surface area contributed by atoms with Crippen LogP contribution in [0.1, 0.15) is 18.9 Å². The minimum absolute atomic E-state index is 0.281. The summed E-state index contributed by atoms with van der Waals surface area (Å²) in [6.07, 6.45) is 0.406. The summed E-state index contributed by atoms with van der Waals surface area (Å²) in [7, 11) is 0. The lowest BCUT2D eigenvalue weighted by atomic mass is 10.1. The van der Waals surface area contributed by atoms with Crippen molar-refractivity contribution in [3.8, 4) is 0 Å². The van der Waals surface area contributed by atoms with Crippen molar-refractivity contribution < 1.29 is 9.18 Å². The minimum Gasteiger partial charge on any atom is -0.325 e. The van der Waals surface area contributed by atoms with Gasteiger partial charge < -0.3 is 5.32 Å². The van der Waals surface area contributed by atoms with Gasteiger partial charge in [-0.3, -0.25) is 4.79 Å². The van der Waals surface area contributed by atoms with Gasteiger partial charge in [-0.25, -0.2) is 4.39 Å². The van der Waals surface area contributed by atoms with E-state index in [9.17, 15) is 9.18 Å². The normalized spacial score (nSPS) is 25.5.